The number of ether oxygens (including phenoxy) is 1. The molecule has 0 aliphatic heterocycles. The fraction of sp³-hybridized carbons (Fsp3) is 0.222. The molecule has 0 fully saturated rings. The zero-order valence-electron chi connectivity index (χ0n) is 8.24. The number of esters is 1. The van der Waals surface area contributed by atoms with Gasteiger partial charge in [-0.1, -0.05) is 23.2 Å². The first kappa shape index (κ1) is 15.3. The first-order chi connectivity index (χ1) is 6.97. The first-order valence-electron chi connectivity index (χ1n) is 3.98. The van der Waals surface area contributed by atoms with E-state index in [4.69, 9.17) is 28.9 Å². The van der Waals surface area contributed by atoms with Crippen LogP contribution in [0.1, 0.15) is 11.6 Å². The van der Waals surface area contributed by atoms with E-state index in [0.29, 0.717) is 0 Å². The summed E-state index contributed by atoms with van der Waals surface area (Å²) in [7, 11) is 1.20. The fourth-order valence-electron chi connectivity index (χ4n) is 1.12. The summed E-state index contributed by atoms with van der Waals surface area (Å²) in [6, 6.07) is 1.52. The number of phenolic OH excluding ortho intramolecular Hbond substituents is 1. The highest BCUT2D eigenvalue weighted by Gasteiger charge is 2.23. The molecule has 1 rings (SSSR count). The number of rotatable bonds is 2. The number of benzene rings is 1. The van der Waals surface area contributed by atoms with Gasteiger partial charge in [0.2, 0.25) is 0 Å². The minimum atomic E-state index is -1.13. The molecule has 0 radical (unpaired) electrons. The van der Waals surface area contributed by atoms with Crippen LogP contribution in [0.5, 0.6) is 5.75 Å². The van der Waals surface area contributed by atoms with Crippen molar-refractivity contribution in [3.63, 3.8) is 0 Å². The zero-order valence-corrected chi connectivity index (χ0v) is 10.6. The van der Waals surface area contributed by atoms with Gasteiger partial charge >= 0.3 is 5.97 Å². The molecule has 7 heteroatoms. The molecule has 4 nitrogen and oxygen atoms in total. The van der Waals surface area contributed by atoms with Gasteiger partial charge in [0.15, 0.2) is 0 Å². The Bertz CT molecular complexity index is 375. The van der Waals surface area contributed by atoms with Gasteiger partial charge in [0.1, 0.15) is 11.8 Å². The molecular formula is C9H10Cl3NO3. The molecule has 1 atom stereocenters. The molecule has 3 N–H and O–H groups in total. The van der Waals surface area contributed by atoms with Gasteiger partial charge in [-0.05, 0) is 12.1 Å². The minimum absolute atomic E-state index is 0. The van der Waals surface area contributed by atoms with Crippen LogP contribution in [-0.2, 0) is 9.53 Å². The Morgan fingerprint density at radius 2 is 2.06 bits per heavy atom. The molecule has 0 aliphatic rings. The molecule has 0 aromatic heterocycles. The van der Waals surface area contributed by atoms with Crippen molar-refractivity contribution >= 4 is 41.6 Å². The second kappa shape index (κ2) is 6.15. The molecule has 0 aliphatic carbocycles. The largest absolute Gasteiger partial charge is 0.507 e. The van der Waals surface area contributed by atoms with Gasteiger partial charge in [-0.15, -0.1) is 12.4 Å². The highest BCUT2D eigenvalue weighted by Crippen LogP contribution is 2.34. The Balaban J connectivity index is 0.00000225. The maximum absolute atomic E-state index is 11.2. The van der Waals surface area contributed by atoms with Crippen LogP contribution in [0.4, 0.5) is 0 Å². The molecule has 0 bridgehead atoms. The van der Waals surface area contributed by atoms with Crippen LogP contribution in [-0.4, -0.2) is 18.2 Å². The molecule has 0 unspecified atom stereocenters. The summed E-state index contributed by atoms with van der Waals surface area (Å²) >= 11 is 11.4. The predicted molar refractivity (Wildman–Crippen MR) is 64.3 cm³/mol. The lowest BCUT2D eigenvalue weighted by atomic mass is 10.1. The summed E-state index contributed by atoms with van der Waals surface area (Å²) in [5, 5.41) is 9.92. The number of methoxy groups -OCH3 is 1. The van der Waals surface area contributed by atoms with Gasteiger partial charge in [0.25, 0.3) is 0 Å². The van der Waals surface area contributed by atoms with Crippen molar-refractivity contribution in [2.45, 2.75) is 6.04 Å². The third-order valence-corrected chi connectivity index (χ3v) is 2.37. The summed E-state index contributed by atoms with van der Waals surface area (Å²) in [6.45, 7) is 0. The van der Waals surface area contributed by atoms with E-state index in [2.05, 4.69) is 4.74 Å². The van der Waals surface area contributed by atoms with Crippen molar-refractivity contribution in [3.8, 4) is 5.75 Å². The molecule has 0 amide bonds. The molecule has 16 heavy (non-hydrogen) atoms. The molecule has 1 aromatic carbocycles. The fourth-order valence-corrected chi connectivity index (χ4v) is 1.72. The topological polar surface area (TPSA) is 72.5 Å². The van der Waals surface area contributed by atoms with Crippen molar-refractivity contribution in [3.05, 3.63) is 27.7 Å². The molecule has 90 valence electrons. The Kier molecular flexibility index (Phi) is 5.89. The van der Waals surface area contributed by atoms with E-state index in [9.17, 15) is 9.90 Å². The number of aromatic hydroxyl groups is 1. The molecule has 0 heterocycles. The van der Waals surface area contributed by atoms with Gasteiger partial charge in [-0.3, -0.25) is 4.79 Å². The Morgan fingerprint density at radius 1 is 1.50 bits per heavy atom. The molecule has 1 aromatic rings. The lowest BCUT2D eigenvalue weighted by Crippen LogP contribution is -2.23. The first-order valence-corrected chi connectivity index (χ1v) is 4.74. The third-order valence-electron chi connectivity index (χ3n) is 1.84. The molecule has 0 saturated heterocycles. The van der Waals surface area contributed by atoms with Gasteiger partial charge in [0.05, 0.1) is 12.1 Å². The van der Waals surface area contributed by atoms with Crippen LogP contribution in [0.2, 0.25) is 10.0 Å². The number of hydrogen-bond acceptors (Lipinski definition) is 4. The van der Waals surface area contributed by atoms with E-state index < -0.39 is 12.0 Å². The third kappa shape index (κ3) is 3.15. The van der Waals surface area contributed by atoms with Gasteiger partial charge in [0, 0.05) is 10.6 Å². The van der Waals surface area contributed by atoms with Crippen molar-refractivity contribution < 1.29 is 14.6 Å². The second-order valence-electron chi connectivity index (χ2n) is 2.82. The standard InChI is InChI=1S/C9H9Cl2NO3.ClH/c1-15-9(14)8(12)7-5(11)2-4(10)3-6(7)13;/h2-3,8,13H,12H2,1H3;1H/t8-;/m0./s1. The van der Waals surface area contributed by atoms with Crippen molar-refractivity contribution in [1.82, 2.24) is 0 Å². The molecular weight excluding hydrogens is 276 g/mol. The summed E-state index contributed by atoms with van der Waals surface area (Å²) in [5.74, 6) is -0.917. The highest BCUT2D eigenvalue weighted by molar-refractivity contribution is 6.35. The van der Waals surface area contributed by atoms with Gasteiger partial charge in [-0.2, -0.15) is 0 Å². The maximum atomic E-state index is 11.2. The number of halogens is 3. The Labute approximate surface area is 109 Å². The van der Waals surface area contributed by atoms with E-state index in [1.54, 1.807) is 0 Å². The number of carbonyl (C=O) groups is 1. The van der Waals surface area contributed by atoms with Gasteiger partial charge in [-0.25, -0.2) is 0 Å². The zero-order chi connectivity index (χ0) is 11.6. The van der Waals surface area contributed by atoms with E-state index >= 15 is 0 Å². The van der Waals surface area contributed by atoms with Crippen LogP contribution in [0.25, 0.3) is 0 Å². The average Bonchev–Trinajstić information content (AvgIpc) is 2.14. The highest BCUT2D eigenvalue weighted by atomic mass is 35.5. The summed E-state index contributed by atoms with van der Waals surface area (Å²) < 4.78 is 4.44. The van der Waals surface area contributed by atoms with Crippen LogP contribution in [0, 0.1) is 0 Å². The lowest BCUT2D eigenvalue weighted by Gasteiger charge is -2.13. The van der Waals surface area contributed by atoms with E-state index in [0.717, 1.165) is 0 Å². The quantitative estimate of drug-likeness (QED) is 0.818. The Morgan fingerprint density at radius 3 is 2.50 bits per heavy atom. The number of phenols is 1. The Hall–Kier alpha value is -0.680. The monoisotopic (exact) mass is 285 g/mol. The van der Waals surface area contributed by atoms with Crippen molar-refractivity contribution in [1.29, 1.82) is 0 Å². The van der Waals surface area contributed by atoms with E-state index in [1.807, 2.05) is 0 Å². The minimum Gasteiger partial charge on any atom is -0.507 e. The molecule has 0 spiro atoms. The normalized spacial score (nSPS) is 11.5. The smallest absolute Gasteiger partial charge is 0.327 e. The summed E-state index contributed by atoms with van der Waals surface area (Å²) in [6.07, 6.45) is 0. The number of carbonyl (C=O) groups excluding carboxylic acids is 1. The van der Waals surface area contributed by atoms with Crippen molar-refractivity contribution in [2.75, 3.05) is 7.11 Å². The van der Waals surface area contributed by atoms with Crippen LogP contribution >= 0.6 is 35.6 Å². The number of hydrogen-bond donors (Lipinski definition) is 2. The van der Waals surface area contributed by atoms with Crippen LogP contribution in [0.15, 0.2) is 12.1 Å². The lowest BCUT2D eigenvalue weighted by molar-refractivity contribution is -0.142. The van der Waals surface area contributed by atoms with E-state index in [1.165, 1.54) is 19.2 Å². The summed E-state index contributed by atoms with van der Waals surface area (Å²) in [5.41, 5.74) is 5.64. The maximum Gasteiger partial charge on any atom is 0.327 e. The summed E-state index contributed by atoms with van der Waals surface area (Å²) in [4.78, 5) is 11.2. The average molecular weight is 287 g/mol. The van der Waals surface area contributed by atoms with Crippen molar-refractivity contribution in [2.24, 2.45) is 5.73 Å². The number of nitrogens with two attached hydrogens (primary N) is 1. The van der Waals surface area contributed by atoms with Crippen LogP contribution in [0.3, 0.4) is 0 Å². The second-order valence-corrected chi connectivity index (χ2v) is 3.66. The molecule has 0 saturated carbocycles. The van der Waals surface area contributed by atoms with Gasteiger partial charge < -0.3 is 15.6 Å². The van der Waals surface area contributed by atoms with E-state index in [-0.39, 0.29) is 33.8 Å². The predicted octanol–water partition coefficient (Wildman–Crippen LogP) is 2.29. The van der Waals surface area contributed by atoms with Crippen LogP contribution < -0.4 is 5.73 Å². The SMILES string of the molecule is COC(=O)[C@@H](N)c1c(O)cc(Cl)cc1Cl.Cl.